The summed E-state index contributed by atoms with van der Waals surface area (Å²) in [6, 6.07) is 0.499. The number of esters is 1. The molecule has 1 unspecified atom stereocenters. The second-order valence-electron chi connectivity index (χ2n) is 4.75. The van der Waals surface area contributed by atoms with Crippen molar-refractivity contribution in [3.63, 3.8) is 0 Å². The first-order chi connectivity index (χ1) is 8.11. The van der Waals surface area contributed by atoms with E-state index in [2.05, 4.69) is 22.0 Å². The summed E-state index contributed by atoms with van der Waals surface area (Å²) >= 11 is 0. The fourth-order valence-electron chi connectivity index (χ4n) is 2.00. The second kappa shape index (κ2) is 7.63. The van der Waals surface area contributed by atoms with Crippen LogP contribution in [0.1, 0.15) is 25.7 Å². The maximum absolute atomic E-state index is 10.9. The number of piperidine rings is 1. The molecule has 0 amide bonds. The van der Waals surface area contributed by atoms with E-state index >= 15 is 0 Å². The van der Waals surface area contributed by atoms with Crippen LogP contribution >= 0.6 is 0 Å². The van der Waals surface area contributed by atoms with E-state index in [4.69, 9.17) is 0 Å². The van der Waals surface area contributed by atoms with Crippen molar-refractivity contribution in [2.24, 2.45) is 0 Å². The molecule has 0 saturated carbocycles. The number of rotatable bonds is 6. The smallest absolute Gasteiger partial charge is 0.305 e. The van der Waals surface area contributed by atoms with Gasteiger partial charge in [0.25, 0.3) is 0 Å². The van der Waals surface area contributed by atoms with Crippen molar-refractivity contribution in [2.45, 2.75) is 37.8 Å². The number of aliphatic hydroxyl groups excluding tert-OH is 1. The lowest BCUT2D eigenvalue weighted by atomic mass is 10.1. The predicted molar refractivity (Wildman–Crippen MR) is 65.8 cm³/mol. The van der Waals surface area contributed by atoms with Gasteiger partial charge in [-0.15, -0.1) is 0 Å². The molecule has 0 radical (unpaired) electrons. The van der Waals surface area contributed by atoms with Crippen LogP contribution in [0.3, 0.4) is 0 Å². The van der Waals surface area contributed by atoms with Gasteiger partial charge in [0.05, 0.1) is 13.2 Å². The van der Waals surface area contributed by atoms with Crippen LogP contribution in [0.2, 0.25) is 0 Å². The van der Waals surface area contributed by atoms with Gasteiger partial charge < -0.3 is 20.1 Å². The van der Waals surface area contributed by atoms with Gasteiger partial charge in [-0.25, -0.2) is 0 Å². The number of carbonyl (C=O) groups is 1. The average Bonchev–Trinajstić information content (AvgIpc) is 2.35. The molecule has 5 nitrogen and oxygen atoms in total. The lowest BCUT2D eigenvalue weighted by Gasteiger charge is -2.30. The molecule has 1 atom stereocenters. The summed E-state index contributed by atoms with van der Waals surface area (Å²) in [6.45, 7) is 2.78. The lowest BCUT2D eigenvalue weighted by molar-refractivity contribution is -0.141. The Morgan fingerprint density at radius 2 is 2.18 bits per heavy atom. The van der Waals surface area contributed by atoms with Gasteiger partial charge in [-0.05, 0) is 39.4 Å². The molecule has 0 aromatic rings. The first kappa shape index (κ1) is 14.4. The topological polar surface area (TPSA) is 61.8 Å². The Labute approximate surface area is 103 Å². The number of hydrogen-bond donors (Lipinski definition) is 2. The Morgan fingerprint density at radius 3 is 2.76 bits per heavy atom. The Morgan fingerprint density at radius 1 is 1.53 bits per heavy atom. The maximum Gasteiger partial charge on any atom is 0.305 e. The van der Waals surface area contributed by atoms with Gasteiger partial charge in [0.2, 0.25) is 0 Å². The van der Waals surface area contributed by atoms with Crippen molar-refractivity contribution in [3.8, 4) is 0 Å². The first-order valence-electron chi connectivity index (χ1n) is 6.28. The highest BCUT2D eigenvalue weighted by Gasteiger charge is 2.17. The van der Waals surface area contributed by atoms with E-state index in [0.29, 0.717) is 19.0 Å². The molecular weight excluding hydrogens is 220 g/mol. The SMILES string of the molecule is COC(=O)CCC(O)CNC1CCN(C)CC1. The van der Waals surface area contributed by atoms with Crippen LogP contribution in [0.15, 0.2) is 0 Å². The van der Waals surface area contributed by atoms with E-state index in [1.165, 1.54) is 7.11 Å². The van der Waals surface area contributed by atoms with Gasteiger partial charge in [0.1, 0.15) is 0 Å². The van der Waals surface area contributed by atoms with Crippen molar-refractivity contribution in [1.82, 2.24) is 10.2 Å². The molecule has 0 bridgehead atoms. The van der Waals surface area contributed by atoms with E-state index in [9.17, 15) is 9.90 Å². The molecule has 1 fully saturated rings. The average molecular weight is 244 g/mol. The highest BCUT2D eigenvalue weighted by Crippen LogP contribution is 2.08. The minimum atomic E-state index is -0.464. The highest BCUT2D eigenvalue weighted by molar-refractivity contribution is 5.69. The fourth-order valence-corrected chi connectivity index (χ4v) is 2.00. The Balaban J connectivity index is 2.07. The fraction of sp³-hybridized carbons (Fsp3) is 0.917. The minimum Gasteiger partial charge on any atom is -0.469 e. The molecule has 0 aromatic carbocycles. The Bertz CT molecular complexity index is 228. The number of methoxy groups -OCH3 is 1. The van der Waals surface area contributed by atoms with Crippen molar-refractivity contribution in [2.75, 3.05) is 33.8 Å². The zero-order valence-corrected chi connectivity index (χ0v) is 10.8. The number of ether oxygens (including phenoxy) is 1. The molecule has 1 aliphatic heterocycles. The second-order valence-corrected chi connectivity index (χ2v) is 4.75. The van der Waals surface area contributed by atoms with Gasteiger partial charge in [0, 0.05) is 19.0 Å². The van der Waals surface area contributed by atoms with Crippen LogP contribution < -0.4 is 5.32 Å². The number of carbonyl (C=O) groups excluding carboxylic acids is 1. The molecule has 1 aliphatic rings. The van der Waals surface area contributed by atoms with Crippen molar-refractivity contribution < 1.29 is 14.6 Å². The van der Waals surface area contributed by atoms with Crippen LogP contribution in [0.25, 0.3) is 0 Å². The number of hydrogen-bond acceptors (Lipinski definition) is 5. The van der Waals surface area contributed by atoms with Crippen LogP contribution in [0.5, 0.6) is 0 Å². The molecule has 17 heavy (non-hydrogen) atoms. The van der Waals surface area contributed by atoms with Gasteiger partial charge in [0.15, 0.2) is 0 Å². The monoisotopic (exact) mass is 244 g/mol. The zero-order chi connectivity index (χ0) is 12.7. The summed E-state index contributed by atoms with van der Waals surface area (Å²) < 4.78 is 4.53. The van der Waals surface area contributed by atoms with Crippen LogP contribution in [-0.4, -0.2) is 61.9 Å². The largest absolute Gasteiger partial charge is 0.469 e. The molecular formula is C12H24N2O3. The quantitative estimate of drug-likeness (QED) is 0.643. The standard InChI is InChI=1S/C12H24N2O3/c1-14-7-5-10(6-8-14)13-9-11(15)3-4-12(16)17-2/h10-11,13,15H,3-9H2,1-2H3. The van der Waals surface area contributed by atoms with Crippen LogP contribution in [-0.2, 0) is 9.53 Å². The van der Waals surface area contributed by atoms with Crippen LogP contribution in [0.4, 0.5) is 0 Å². The molecule has 0 spiro atoms. The molecule has 1 rings (SSSR count). The van der Waals surface area contributed by atoms with Gasteiger partial charge in [-0.1, -0.05) is 0 Å². The first-order valence-corrected chi connectivity index (χ1v) is 6.28. The number of nitrogens with zero attached hydrogens (tertiary/aromatic N) is 1. The summed E-state index contributed by atoms with van der Waals surface area (Å²) in [4.78, 5) is 13.2. The van der Waals surface area contributed by atoms with E-state index < -0.39 is 6.10 Å². The van der Waals surface area contributed by atoms with E-state index in [1.54, 1.807) is 0 Å². The highest BCUT2D eigenvalue weighted by atomic mass is 16.5. The normalized spacial score (nSPS) is 20.2. The molecule has 0 aromatic heterocycles. The Hall–Kier alpha value is -0.650. The summed E-state index contributed by atoms with van der Waals surface area (Å²) in [5, 5.41) is 13.1. The molecule has 1 saturated heterocycles. The molecule has 2 N–H and O–H groups in total. The minimum absolute atomic E-state index is 0.261. The zero-order valence-electron chi connectivity index (χ0n) is 10.8. The van der Waals surface area contributed by atoms with Crippen LogP contribution in [0, 0.1) is 0 Å². The molecule has 0 aliphatic carbocycles. The van der Waals surface area contributed by atoms with E-state index in [-0.39, 0.29) is 12.4 Å². The number of aliphatic hydroxyl groups is 1. The summed E-state index contributed by atoms with van der Waals surface area (Å²) in [5.74, 6) is -0.261. The van der Waals surface area contributed by atoms with E-state index in [0.717, 1.165) is 25.9 Å². The number of likely N-dealkylation sites (tertiary alicyclic amines) is 1. The van der Waals surface area contributed by atoms with Crippen molar-refractivity contribution in [3.05, 3.63) is 0 Å². The van der Waals surface area contributed by atoms with Crippen molar-refractivity contribution >= 4 is 5.97 Å². The van der Waals surface area contributed by atoms with Crippen molar-refractivity contribution in [1.29, 1.82) is 0 Å². The predicted octanol–water partition coefficient (Wildman–Crippen LogP) is -0.0157. The molecule has 100 valence electrons. The molecule has 1 heterocycles. The maximum atomic E-state index is 10.9. The molecule has 5 heteroatoms. The summed E-state index contributed by atoms with van der Waals surface area (Å²) in [6.07, 6.45) is 2.54. The van der Waals surface area contributed by atoms with E-state index in [1.807, 2.05) is 0 Å². The third-order valence-corrected chi connectivity index (χ3v) is 3.27. The van der Waals surface area contributed by atoms with Gasteiger partial charge in [-0.3, -0.25) is 4.79 Å². The summed E-state index contributed by atoms with van der Waals surface area (Å²) in [5.41, 5.74) is 0. The number of nitrogens with one attached hydrogen (secondary N) is 1. The summed E-state index contributed by atoms with van der Waals surface area (Å²) in [7, 11) is 3.49. The third kappa shape index (κ3) is 6.00. The van der Waals surface area contributed by atoms with Gasteiger partial charge >= 0.3 is 5.97 Å². The van der Waals surface area contributed by atoms with Gasteiger partial charge in [-0.2, -0.15) is 0 Å². The third-order valence-electron chi connectivity index (χ3n) is 3.27. The Kier molecular flexibility index (Phi) is 6.47. The lowest BCUT2D eigenvalue weighted by Crippen LogP contribution is -2.43.